The number of hydrogen-bond donors (Lipinski definition) is 1. The number of nitrogens with one attached hydrogen (secondary N) is 1. The third kappa shape index (κ3) is 3.90. The molecule has 3 aromatic carbocycles. The molecular weight excluding hydrogens is 414 g/mol. The highest BCUT2D eigenvalue weighted by molar-refractivity contribution is 6.60. The first-order chi connectivity index (χ1) is 16.1. The van der Waals surface area contributed by atoms with Crippen molar-refractivity contribution in [2.45, 2.75) is 0 Å². The van der Waals surface area contributed by atoms with Gasteiger partial charge in [-0.1, -0.05) is 60.7 Å². The maximum Gasteiger partial charge on any atom is 0.296 e. The van der Waals surface area contributed by atoms with Gasteiger partial charge in [-0.15, -0.1) is 0 Å². The smallest absolute Gasteiger partial charge is 0.296 e. The van der Waals surface area contributed by atoms with E-state index in [1.807, 2.05) is 60.7 Å². The molecule has 33 heavy (non-hydrogen) atoms. The maximum absolute atomic E-state index is 13.5. The molecule has 0 radical (unpaired) electrons. The van der Waals surface area contributed by atoms with Gasteiger partial charge in [-0.05, 0) is 35.9 Å². The Kier molecular flexibility index (Phi) is 5.24. The van der Waals surface area contributed by atoms with Crippen molar-refractivity contribution in [1.29, 1.82) is 0 Å². The van der Waals surface area contributed by atoms with Crippen LogP contribution in [0.5, 0.6) is 5.75 Å². The van der Waals surface area contributed by atoms with Gasteiger partial charge in [-0.3, -0.25) is 9.59 Å². The summed E-state index contributed by atoms with van der Waals surface area (Å²) in [6.45, 7) is 0. The zero-order valence-electron chi connectivity index (χ0n) is 17.8. The van der Waals surface area contributed by atoms with E-state index in [0.717, 1.165) is 5.56 Å². The SMILES string of the molecule is COc1ccc(NC2=C(c3ccccc3)C=C3N=C(c4ccccc4)C(=O)N=C3C2=O)cc1. The lowest BCUT2D eigenvalue weighted by molar-refractivity contribution is -0.113. The highest BCUT2D eigenvalue weighted by atomic mass is 16.5. The Morgan fingerprint density at radius 1 is 0.727 bits per heavy atom. The number of hydrogen-bond acceptors (Lipinski definition) is 5. The number of ketones is 1. The molecular formula is C27H19N3O3. The van der Waals surface area contributed by atoms with E-state index in [1.165, 1.54) is 0 Å². The van der Waals surface area contributed by atoms with Crippen LogP contribution >= 0.6 is 0 Å². The first-order valence-electron chi connectivity index (χ1n) is 10.4. The summed E-state index contributed by atoms with van der Waals surface area (Å²) in [6, 6.07) is 25.9. The first kappa shape index (κ1) is 20.3. The van der Waals surface area contributed by atoms with E-state index in [1.54, 1.807) is 37.5 Å². The minimum atomic E-state index is -0.534. The second-order valence-electron chi connectivity index (χ2n) is 7.46. The average molecular weight is 433 g/mol. The second-order valence-corrected chi connectivity index (χ2v) is 7.46. The van der Waals surface area contributed by atoms with Crippen LogP contribution in [0.2, 0.25) is 0 Å². The Balaban J connectivity index is 1.64. The molecule has 1 N–H and O–H groups in total. The van der Waals surface area contributed by atoms with Gasteiger partial charge in [0.1, 0.15) is 17.2 Å². The Hall–Kier alpha value is -4.58. The van der Waals surface area contributed by atoms with E-state index in [-0.39, 0.29) is 17.2 Å². The standard InChI is InChI=1S/C27H19N3O3/c1-33-20-14-12-19(13-15-20)28-24-21(17-8-4-2-5-9-17)16-22-25(26(24)31)30-27(32)23(29-22)18-10-6-3-7-11-18/h2-16,28H,1H3. The van der Waals surface area contributed by atoms with Crippen molar-refractivity contribution < 1.29 is 14.3 Å². The number of nitrogens with zero attached hydrogens (tertiary/aromatic N) is 2. The van der Waals surface area contributed by atoms with E-state index in [2.05, 4.69) is 15.3 Å². The van der Waals surface area contributed by atoms with Crippen LogP contribution in [0.1, 0.15) is 11.1 Å². The predicted molar refractivity (Wildman–Crippen MR) is 128 cm³/mol. The molecule has 2 aliphatic rings. The van der Waals surface area contributed by atoms with E-state index >= 15 is 0 Å². The molecule has 1 amide bonds. The second kappa shape index (κ2) is 8.51. The monoisotopic (exact) mass is 433 g/mol. The van der Waals surface area contributed by atoms with Crippen molar-refractivity contribution in [1.82, 2.24) is 0 Å². The van der Waals surface area contributed by atoms with Gasteiger partial charge in [0, 0.05) is 16.8 Å². The maximum atomic E-state index is 13.5. The first-order valence-corrected chi connectivity index (χ1v) is 10.4. The quantitative estimate of drug-likeness (QED) is 0.603. The van der Waals surface area contributed by atoms with Crippen LogP contribution in [-0.4, -0.2) is 30.2 Å². The Bertz CT molecular complexity index is 1370. The molecule has 1 heterocycles. The lowest BCUT2D eigenvalue weighted by atomic mass is 9.91. The van der Waals surface area contributed by atoms with Crippen molar-refractivity contribution in [3.05, 3.63) is 114 Å². The summed E-state index contributed by atoms with van der Waals surface area (Å²) in [5.74, 6) is -0.208. The summed E-state index contributed by atoms with van der Waals surface area (Å²) >= 11 is 0. The van der Waals surface area contributed by atoms with Crippen LogP contribution in [0, 0.1) is 0 Å². The number of carbonyl (C=O) groups is 2. The molecule has 0 saturated heterocycles. The fourth-order valence-electron chi connectivity index (χ4n) is 3.72. The van der Waals surface area contributed by atoms with Gasteiger partial charge >= 0.3 is 0 Å². The average Bonchev–Trinajstić information content (AvgIpc) is 2.87. The Labute approximate surface area is 190 Å². The molecule has 0 unspecified atom stereocenters. The number of rotatable bonds is 5. The van der Waals surface area contributed by atoms with Crippen molar-refractivity contribution in [3.63, 3.8) is 0 Å². The van der Waals surface area contributed by atoms with Gasteiger partial charge < -0.3 is 10.1 Å². The number of anilines is 1. The van der Waals surface area contributed by atoms with Crippen molar-refractivity contribution >= 4 is 34.4 Å². The molecule has 0 fully saturated rings. The van der Waals surface area contributed by atoms with Gasteiger partial charge in [0.2, 0.25) is 5.78 Å². The van der Waals surface area contributed by atoms with Crippen LogP contribution < -0.4 is 10.1 Å². The number of methoxy groups -OCH3 is 1. The highest BCUT2D eigenvalue weighted by Gasteiger charge is 2.33. The molecule has 1 aliphatic heterocycles. The lowest BCUT2D eigenvalue weighted by Gasteiger charge is -2.23. The number of Topliss-reactive ketones (excluding diaryl/α,β-unsaturated/α-hetero) is 1. The van der Waals surface area contributed by atoms with Gasteiger partial charge in [-0.2, -0.15) is 0 Å². The molecule has 0 saturated carbocycles. The van der Waals surface area contributed by atoms with Crippen molar-refractivity contribution in [2.24, 2.45) is 9.98 Å². The fraction of sp³-hybridized carbons (Fsp3) is 0.0370. The molecule has 160 valence electrons. The summed E-state index contributed by atoms with van der Waals surface area (Å²) in [6.07, 6.45) is 1.80. The topological polar surface area (TPSA) is 80.1 Å². The third-order valence-electron chi connectivity index (χ3n) is 5.37. The number of benzene rings is 3. The van der Waals surface area contributed by atoms with E-state index < -0.39 is 5.91 Å². The zero-order valence-corrected chi connectivity index (χ0v) is 17.8. The van der Waals surface area contributed by atoms with Gasteiger partial charge in [0.25, 0.3) is 5.91 Å². The number of fused-ring (bicyclic) bond motifs is 1. The Morgan fingerprint density at radius 3 is 2.00 bits per heavy atom. The third-order valence-corrected chi connectivity index (χ3v) is 5.37. The summed E-state index contributed by atoms with van der Waals surface area (Å²) in [4.78, 5) is 34.9. The minimum Gasteiger partial charge on any atom is -0.497 e. The van der Waals surface area contributed by atoms with Gasteiger partial charge in [-0.25, -0.2) is 9.98 Å². The molecule has 0 spiro atoms. The molecule has 5 rings (SSSR count). The van der Waals surface area contributed by atoms with E-state index in [9.17, 15) is 9.59 Å². The van der Waals surface area contributed by atoms with Crippen LogP contribution in [0.3, 0.4) is 0 Å². The minimum absolute atomic E-state index is 0.0374. The van der Waals surface area contributed by atoms with Crippen LogP contribution in [0.15, 0.2) is 112 Å². The number of ether oxygens (including phenoxy) is 1. The largest absolute Gasteiger partial charge is 0.497 e. The summed E-state index contributed by atoms with van der Waals surface area (Å²) in [7, 11) is 1.60. The fourth-order valence-corrected chi connectivity index (χ4v) is 3.72. The van der Waals surface area contributed by atoms with Crippen LogP contribution in [0.4, 0.5) is 5.69 Å². The lowest BCUT2D eigenvalue weighted by Crippen LogP contribution is -2.32. The predicted octanol–water partition coefficient (Wildman–Crippen LogP) is 4.46. The van der Waals surface area contributed by atoms with E-state index in [4.69, 9.17) is 4.74 Å². The van der Waals surface area contributed by atoms with Crippen molar-refractivity contribution in [3.8, 4) is 5.75 Å². The van der Waals surface area contributed by atoms with Crippen LogP contribution in [0.25, 0.3) is 5.57 Å². The summed E-state index contributed by atoms with van der Waals surface area (Å²) in [5, 5.41) is 3.21. The van der Waals surface area contributed by atoms with E-state index in [0.29, 0.717) is 34.0 Å². The molecule has 0 bridgehead atoms. The number of allylic oxidation sites excluding steroid dienone is 4. The van der Waals surface area contributed by atoms with Gasteiger partial charge in [0.05, 0.1) is 18.5 Å². The molecule has 6 nitrogen and oxygen atoms in total. The normalized spacial score (nSPS) is 15.4. The molecule has 0 atom stereocenters. The summed E-state index contributed by atoms with van der Waals surface area (Å²) < 4.78 is 5.21. The van der Waals surface area contributed by atoms with Gasteiger partial charge in [0.15, 0.2) is 0 Å². The Morgan fingerprint density at radius 2 is 1.36 bits per heavy atom. The molecule has 0 aromatic heterocycles. The zero-order chi connectivity index (χ0) is 22.8. The number of amides is 1. The van der Waals surface area contributed by atoms with Crippen LogP contribution in [-0.2, 0) is 9.59 Å². The molecule has 6 heteroatoms. The molecule has 3 aromatic rings. The number of aliphatic imine (C=N–C) groups is 2. The molecule has 1 aliphatic carbocycles. The summed E-state index contributed by atoms with van der Waals surface area (Å²) in [5.41, 5.74) is 3.86. The number of carbonyl (C=O) groups excluding carboxylic acids is 2. The van der Waals surface area contributed by atoms with Crippen molar-refractivity contribution in [2.75, 3.05) is 12.4 Å². The highest BCUT2D eigenvalue weighted by Crippen LogP contribution is 2.31.